The number of alkyl carbamates (subject to hydrolysis) is 1. The van der Waals surface area contributed by atoms with E-state index in [0.717, 1.165) is 0 Å². The molecule has 0 aliphatic carbocycles. The van der Waals surface area contributed by atoms with E-state index in [0.29, 0.717) is 0 Å². The van der Waals surface area contributed by atoms with Crippen molar-refractivity contribution in [3.05, 3.63) is 0 Å². The summed E-state index contributed by atoms with van der Waals surface area (Å²) in [6, 6.07) is -4.77. The molecule has 0 rings (SSSR count). The number of nitrogens with two attached hydrogens (primary N) is 2. The van der Waals surface area contributed by atoms with Gasteiger partial charge in [0.1, 0.15) is 23.7 Å². The number of carbonyl (C=O) groups is 6. The zero-order valence-electron chi connectivity index (χ0n) is 17.6. The maximum absolute atomic E-state index is 12.3. The van der Waals surface area contributed by atoms with Crippen LogP contribution in [0.3, 0.4) is 0 Å². The summed E-state index contributed by atoms with van der Waals surface area (Å²) in [4.78, 5) is 69.9. The first kappa shape index (κ1) is 23.7. The second-order valence-electron chi connectivity index (χ2n) is 7.09. The van der Waals surface area contributed by atoms with Crippen molar-refractivity contribution in [2.75, 3.05) is 0 Å². The molecule has 0 saturated heterocycles. The number of amides is 5. The Morgan fingerprint density at radius 1 is 0.966 bits per heavy atom. The highest BCUT2D eigenvalue weighted by atomic mass is 16.6. The molecule has 0 aromatic carbocycles. The highest BCUT2D eigenvalue weighted by Gasteiger charge is 2.30. The molecule has 5 amide bonds. The third kappa shape index (κ3) is 11.1. The minimum Gasteiger partial charge on any atom is -0.480 e. The molecule has 0 aromatic rings. The largest absolute Gasteiger partial charge is 0.480 e. The van der Waals surface area contributed by atoms with Gasteiger partial charge in [-0.15, -0.1) is 0 Å². The summed E-state index contributed by atoms with van der Waals surface area (Å²) < 4.78 is 12.7. The lowest BCUT2D eigenvalue weighted by molar-refractivity contribution is -0.143. The van der Waals surface area contributed by atoms with Crippen molar-refractivity contribution in [2.45, 2.75) is 64.3 Å². The first-order chi connectivity index (χ1) is 13.5. The number of hydrogen-bond acceptors (Lipinski definition) is 7. The molecule has 0 aromatic heterocycles. The number of ether oxygens (including phenoxy) is 1. The van der Waals surface area contributed by atoms with E-state index in [9.17, 15) is 28.8 Å². The first-order valence-corrected chi connectivity index (χ1v) is 8.46. The number of primary amides is 2. The van der Waals surface area contributed by atoms with E-state index in [4.69, 9.17) is 22.7 Å². The van der Waals surface area contributed by atoms with Gasteiger partial charge < -0.3 is 37.3 Å². The molecule has 0 fully saturated rings. The van der Waals surface area contributed by atoms with Crippen LogP contribution in [0, 0.1) is 0 Å². The Morgan fingerprint density at radius 3 is 1.83 bits per heavy atom. The van der Waals surface area contributed by atoms with Crippen molar-refractivity contribution < 1.29 is 40.0 Å². The van der Waals surface area contributed by atoms with Gasteiger partial charge in [0.2, 0.25) is 23.6 Å². The summed E-state index contributed by atoms with van der Waals surface area (Å²) in [5.41, 5.74) is 9.05. The second kappa shape index (κ2) is 10.8. The van der Waals surface area contributed by atoms with Crippen LogP contribution in [0.1, 0.15) is 40.5 Å². The van der Waals surface area contributed by atoms with E-state index in [2.05, 4.69) is 5.32 Å². The topological polar surface area (TPSA) is 220 Å². The Balaban J connectivity index is 5.31. The van der Waals surface area contributed by atoms with Crippen LogP contribution in [0.15, 0.2) is 0 Å². The Kier molecular flexibility index (Phi) is 8.83. The van der Waals surface area contributed by atoms with Gasteiger partial charge >= 0.3 is 12.1 Å². The fourth-order valence-corrected chi connectivity index (χ4v) is 1.88. The zero-order chi connectivity index (χ0) is 23.8. The molecule has 0 bridgehead atoms. The van der Waals surface area contributed by atoms with E-state index in [1.165, 1.54) is 6.92 Å². The Bertz CT molecular complexity index is 708. The lowest BCUT2D eigenvalue weighted by Crippen LogP contribution is -2.56. The van der Waals surface area contributed by atoms with Crippen LogP contribution in [0.2, 0.25) is 1.41 Å². The lowest BCUT2D eigenvalue weighted by atomic mass is 10.1. The van der Waals surface area contributed by atoms with Crippen LogP contribution in [0.25, 0.3) is 0 Å². The number of nitrogens with one attached hydrogen (secondary N) is 3. The first-order valence-electron chi connectivity index (χ1n) is 8.91. The molecule has 3 atom stereocenters. The van der Waals surface area contributed by atoms with Crippen molar-refractivity contribution in [3.8, 4) is 0 Å². The molecule has 13 nitrogen and oxygen atoms in total. The van der Waals surface area contributed by atoms with Crippen LogP contribution >= 0.6 is 0 Å². The number of carboxylic acid groups (broad SMARTS) is 1. The lowest BCUT2D eigenvalue weighted by Gasteiger charge is -2.24. The van der Waals surface area contributed by atoms with Crippen LogP contribution in [-0.2, 0) is 28.7 Å². The van der Waals surface area contributed by atoms with Gasteiger partial charge in [-0.1, -0.05) is 0 Å². The highest BCUT2D eigenvalue weighted by molar-refractivity contribution is 5.96. The molecule has 0 aliphatic heterocycles. The summed E-state index contributed by atoms with van der Waals surface area (Å²) in [5, 5.41) is 13.4. The van der Waals surface area contributed by atoms with E-state index in [1.54, 1.807) is 20.8 Å². The number of aliphatic carboxylic acids is 1. The van der Waals surface area contributed by atoms with Crippen LogP contribution in [0.5, 0.6) is 0 Å². The molecule has 29 heavy (non-hydrogen) atoms. The average molecular weight is 418 g/mol. The smallest absolute Gasteiger partial charge is 0.408 e. The predicted octanol–water partition coefficient (Wildman–Crippen LogP) is -2.30. The highest BCUT2D eigenvalue weighted by Crippen LogP contribution is 2.07. The monoisotopic (exact) mass is 418 g/mol. The molecular weight excluding hydrogens is 390 g/mol. The van der Waals surface area contributed by atoms with Gasteiger partial charge in [-0.25, -0.2) is 9.59 Å². The summed E-state index contributed by atoms with van der Waals surface area (Å²) in [6.45, 7) is 5.84. The summed E-state index contributed by atoms with van der Waals surface area (Å²) in [6.07, 6.45) is -2.57. The quantitative estimate of drug-likeness (QED) is 0.226. The van der Waals surface area contributed by atoms with Gasteiger partial charge in [0.25, 0.3) is 0 Å². The fraction of sp³-hybridized carbons (Fsp3) is 0.625. The van der Waals surface area contributed by atoms with E-state index >= 15 is 0 Å². The van der Waals surface area contributed by atoms with Crippen LogP contribution < -0.4 is 27.4 Å². The SMILES string of the molecule is [2H]N(C(=O)OC(C)(C)C)[C@@H](C)C(=O)N[C@@H](CC(N)=O)C(=O)N[C@@H](CC(N)=O)C(=O)O. The zero-order valence-corrected chi connectivity index (χ0v) is 16.6. The maximum Gasteiger partial charge on any atom is 0.408 e. The van der Waals surface area contributed by atoms with Gasteiger partial charge in [-0.3, -0.25) is 19.2 Å². The third-order valence-corrected chi connectivity index (χ3v) is 3.13. The van der Waals surface area contributed by atoms with Gasteiger partial charge in [0.15, 0.2) is 1.41 Å². The van der Waals surface area contributed by atoms with Crippen molar-refractivity contribution in [1.82, 2.24) is 15.9 Å². The van der Waals surface area contributed by atoms with Gasteiger partial charge in [-0.05, 0) is 27.7 Å². The molecule has 164 valence electrons. The number of rotatable bonds is 10. The van der Waals surface area contributed by atoms with Crippen LogP contribution in [0.4, 0.5) is 4.79 Å². The van der Waals surface area contributed by atoms with Gasteiger partial charge in [-0.2, -0.15) is 0 Å². The van der Waals surface area contributed by atoms with E-state index in [1.807, 2.05) is 5.32 Å². The van der Waals surface area contributed by atoms with E-state index < -0.39 is 72.3 Å². The molecule has 0 saturated carbocycles. The van der Waals surface area contributed by atoms with E-state index in [-0.39, 0.29) is 5.31 Å². The van der Waals surface area contributed by atoms with Crippen molar-refractivity contribution >= 4 is 35.7 Å². The molecule has 8 N–H and O–H groups in total. The Labute approximate surface area is 168 Å². The summed E-state index contributed by atoms with van der Waals surface area (Å²) in [5.74, 6) is -5.72. The van der Waals surface area contributed by atoms with Gasteiger partial charge in [0, 0.05) is 0 Å². The summed E-state index contributed by atoms with van der Waals surface area (Å²) in [7, 11) is 0. The second-order valence-corrected chi connectivity index (χ2v) is 7.09. The number of hydrogen-bond donors (Lipinski definition) is 6. The third-order valence-electron chi connectivity index (χ3n) is 3.13. The normalized spacial score (nSPS) is 14.4. The standard InChI is InChI=1S/C16H27N5O8/c1-7(19-15(28)29-16(2,3)4)12(24)20-8(5-10(17)22)13(25)21-9(14(26)27)6-11(18)23/h7-9H,5-6H2,1-4H3,(H2,17,22)(H2,18,23)(H,19,28)(H,20,24)(H,21,25)(H,26,27)/t7-,8-,9-/m0/s1/i/hD. The van der Waals surface area contributed by atoms with Gasteiger partial charge in [0.05, 0.1) is 12.8 Å². The minimum atomic E-state index is -1.70. The Hall–Kier alpha value is -3.38. The van der Waals surface area contributed by atoms with Crippen molar-refractivity contribution in [2.24, 2.45) is 11.5 Å². The molecule has 0 heterocycles. The van der Waals surface area contributed by atoms with Crippen molar-refractivity contribution in [3.63, 3.8) is 0 Å². The fourth-order valence-electron chi connectivity index (χ4n) is 1.88. The average Bonchev–Trinajstić information content (AvgIpc) is 2.56. The predicted molar refractivity (Wildman–Crippen MR) is 98.0 cm³/mol. The molecular formula is C16H27N5O8. The number of carbonyl (C=O) groups excluding carboxylic acids is 5. The molecule has 0 unspecified atom stereocenters. The van der Waals surface area contributed by atoms with Crippen LogP contribution in [-0.4, -0.2) is 64.5 Å². The minimum absolute atomic E-state index is 0.229. The maximum atomic E-state index is 12.3. The molecule has 13 heteroatoms. The molecule has 0 aliphatic rings. The number of carboxylic acids is 1. The molecule has 0 spiro atoms. The Morgan fingerprint density at radius 2 is 1.41 bits per heavy atom. The van der Waals surface area contributed by atoms with Crippen molar-refractivity contribution in [1.29, 1.82) is 0 Å². The summed E-state index contributed by atoms with van der Waals surface area (Å²) >= 11 is 0. The molecule has 0 radical (unpaired) electrons.